The Morgan fingerprint density at radius 3 is 2.64 bits per heavy atom. The Hall–Kier alpha value is -2.14. The molecule has 1 aromatic carbocycles. The molecule has 1 aliphatic heterocycles. The quantitative estimate of drug-likeness (QED) is 0.942. The largest absolute Gasteiger partial charge is 0.365 e. The molecule has 1 fully saturated rings. The van der Waals surface area contributed by atoms with Crippen molar-refractivity contribution >= 4 is 23.3 Å². The maximum Gasteiger partial charge on any atom is 0.274 e. The van der Waals surface area contributed by atoms with Crippen LogP contribution in [-0.4, -0.2) is 33.9 Å². The van der Waals surface area contributed by atoms with Crippen molar-refractivity contribution < 1.29 is 4.79 Å². The lowest BCUT2D eigenvalue weighted by molar-refractivity contribution is 0.0786. The average Bonchev–Trinajstić information content (AvgIpc) is 3.08. The Morgan fingerprint density at radius 2 is 1.95 bits per heavy atom. The molecule has 0 radical (unpaired) electrons. The normalized spacial score (nSPS) is 14.1. The van der Waals surface area contributed by atoms with Gasteiger partial charge in [-0.05, 0) is 24.5 Å². The Balaban J connectivity index is 1.62. The molecule has 1 saturated heterocycles. The van der Waals surface area contributed by atoms with Gasteiger partial charge in [0, 0.05) is 24.7 Å². The van der Waals surface area contributed by atoms with Gasteiger partial charge in [0.05, 0.1) is 12.4 Å². The van der Waals surface area contributed by atoms with Crippen molar-refractivity contribution in [3.63, 3.8) is 0 Å². The van der Waals surface area contributed by atoms with Crippen LogP contribution in [-0.2, 0) is 6.54 Å². The maximum absolute atomic E-state index is 12.2. The number of amides is 1. The fourth-order valence-corrected chi connectivity index (χ4v) is 2.64. The van der Waals surface area contributed by atoms with Gasteiger partial charge in [0.25, 0.3) is 5.91 Å². The van der Waals surface area contributed by atoms with Crippen LogP contribution in [0.5, 0.6) is 0 Å². The summed E-state index contributed by atoms with van der Waals surface area (Å²) in [6.07, 6.45) is 5.24. The predicted octanol–water partition coefficient (Wildman–Crippen LogP) is 2.98. The van der Waals surface area contributed by atoms with Crippen molar-refractivity contribution in [1.82, 2.24) is 14.9 Å². The first kappa shape index (κ1) is 14.8. The summed E-state index contributed by atoms with van der Waals surface area (Å²) >= 11 is 6.10. The average molecular weight is 317 g/mol. The summed E-state index contributed by atoms with van der Waals surface area (Å²) in [6.45, 7) is 2.19. The first-order valence-corrected chi connectivity index (χ1v) is 7.70. The molecule has 1 aromatic heterocycles. The highest BCUT2D eigenvalue weighted by molar-refractivity contribution is 6.31. The van der Waals surface area contributed by atoms with Crippen LogP contribution in [0.25, 0.3) is 0 Å². The van der Waals surface area contributed by atoms with Gasteiger partial charge in [0.2, 0.25) is 0 Å². The van der Waals surface area contributed by atoms with Crippen LogP contribution in [0.15, 0.2) is 36.7 Å². The molecule has 2 heterocycles. The van der Waals surface area contributed by atoms with Crippen LogP contribution in [0.1, 0.15) is 28.9 Å². The summed E-state index contributed by atoms with van der Waals surface area (Å²) in [5.74, 6) is 0.584. The monoisotopic (exact) mass is 316 g/mol. The zero-order valence-corrected chi connectivity index (χ0v) is 12.9. The zero-order valence-electron chi connectivity index (χ0n) is 12.1. The van der Waals surface area contributed by atoms with Gasteiger partial charge < -0.3 is 10.2 Å². The van der Waals surface area contributed by atoms with Crippen molar-refractivity contribution in [2.24, 2.45) is 0 Å². The van der Waals surface area contributed by atoms with Gasteiger partial charge in [0.1, 0.15) is 11.5 Å². The van der Waals surface area contributed by atoms with Crippen LogP contribution < -0.4 is 5.32 Å². The molecular formula is C16H17ClN4O. The van der Waals surface area contributed by atoms with E-state index in [-0.39, 0.29) is 5.91 Å². The van der Waals surface area contributed by atoms with Gasteiger partial charge in [-0.2, -0.15) is 0 Å². The first-order chi connectivity index (χ1) is 10.7. The third-order valence-corrected chi connectivity index (χ3v) is 4.05. The van der Waals surface area contributed by atoms with Crippen LogP contribution in [0.2, 0.25) is 5.02 Å². The third-order valence-electron chi connectivity index (χ3n) is 3.68. The van der Waals surface area contributed by atoms with E-state index in [9.17, 15) is 4.79 Å². The number of benzene rings is 1. The molecule has 0 atom stereocenters. The fraction of sp³-hybridized carbons (Fsp3) is 0.312. The molecule has 0 spiro atoms. The number of likely N-dealkylation sites (tertiary alicyclic amines) is 1. The highest BCUT2D eigenvalue weighted by atomic mass is 35.5. The number of nitrogens with one attached hydrogen (secondary N) is 1. The van der Waals surface area contributed by atoms with Crippen molar-refractivity contribution in [2.45, 2.75) is 19.4 Å². The molecule has 6 heteroatoms. The number of carbonyl (C=O) groups excluding carboxylic acids is 1. The Bertz CT molecular complexity index is 653. The molecular weight excluding hydrogens is 300 g/mol. The van der Waals surface area contributed by atoms with Crippen LogP contribution >= 0.6 is 11.6 Å². The third kappa shape index (κ3) is 3.36. The summed E-state index contributed by atoms with van der Waals surface area (Å²) in [6, 6.07) is 7.63. The number of hydrogen-bond acceptors (Lipinski definition) is 4. The smallest absolute Gasteiger partial charge is 0.274 e. The van der Waals surface area contributed by atoms with Crippen molar-refractivity contribution in [3.8, 4) is 0 Å². The predicted molar refractivity (Wildman–Crippen MR) is 85.9 cm³/mol. The Labute approximate surface area is 134 Å². The van der Waals surface area contributed by atoms with E-state index in [0.717, 1.165) is 31.5 Å². The summed E-state index contributed by atoms with van der Waals surface area (Å²) in [7, 11) is 0. The molecule has 5 nitrogen and oxygen atoms in total. The summed E-state index contributed by atoms with van der Waals surface area (Å²) in [5.41, 5.74) is 1.38. The van der Waals surface area contributed by atoms with Crippen molar-refractivity contribution in [1.29, 1.82) is 0 Å². The van der Waals surface area contributed by atoms with E-state index >= 15 is 0 Å². The van der Waals surface area contributed by atoms with E-state index in [0.29, 0.717) is 23.1 Å². The topological polar surface area (TPSA) is 58.1 Å². The highest BCUT2D eigenvalue weighted by Gasteiger charge is 2.20. The lowest BCUT2D eigenvalue weighted by atomic mass is 10.2. The van der Waals surface area contributed by atoms with E-state index in [1.54, 1.807) is 6.20 Å². The van der Waals surface area contributed by atoms with Gasteiger partial charge in [-0.1, -0.05) is 29.8 Å². The maximum atomic E-state index is 12.2. The number of halogens is 1. The van der Waals surface area contributed by atoms with E-state index in [4.69, 9.17) is 11.6 Å². The van der Waals surface area contributed by atoms with Gasteiger partial charge in [0.15, 0.2) is 0 Å². The van der Waals surface area contributed by atoms with Gasteiger partial charge in [-0.25, -0.2) is 9.97 Å². The van der Waals surface area contributed by atoms with E-state index in [2.05, 4.69) is 15.3 Å². The Morgan fingerprint density at radius 1 is 1.18 bits per heavy atom. The van der Waals surface area contributed by atoms with Crippen LogP contribution in [0, 0.1) is 0 Å². The van der Waals surface area contributed by atoms with Crippen molar-refractivity contribution in [2.75, 3.05) is 18.4 Å². The summed E-state index contributed by atoms with van der Waals surface area (Å²) in [5, 5.41) is 3.87. The van der Waals surface area contributed by atoms with Gasteiger partial charge in [-0.15, -0.1) is 0 Å². The highest BCUT2D eigenvalue weighted by Crippen LogP contribution is 2.16. The van der Waals surface area contributed by atoms with Gasteiger partial charge in [-0.3, -0.25) is 4.79 Å². The molecule has 0 bridgehead atoms. The number of hydrogen-bond donors (Lipinski definition) is 1. The molecule has 1 aliphatic rings. The van der Waals surface area contributed by atoms with E-state index < -0.39 is 0 Å². The Kier molecular flexibility index (Phi) is 4.53. The lowest BCUT2D eigenvalue weighted by Gasteiger charge is -2.14. The van der Waals surface area contributed by atoms with E-state index in [1.807, 2.05) is 29.2 Å². The number of rotatable bonds is 4. The summed E-state index contributed by atoms with van der Waals surface area (Å²) < 4.78 is 0. The van der Waals surface area contributed by atoms with Gasteiger partial charge >= 0.3 is 0 Å². The van der Waals surface area contributed by atoms with Crippen LogP contribution in [0.4, 0.5) is 5.82 Å². The second-order valence-electron chi connectivity index (χ2n) is 5.23. The number of carbonyl (C=O) groups is 1. The molecule has 1 amide bonds. The molecule has 0 unspecified atom stereocenters. The minimum atomic E-state index is -0.0392. The molecule has 0 aliphatic carbocycles. The number of aromatic nitrogens is 2. The lowest BCUT2D eigenvalue weighted by Crippen LogP contribution is -2.28. The molecule has 0 saturated carbocycles. The number of nitrogens with zero attached hydrogens (tertiary/aromatic N) is 3. The van der Waals surface area contributed by atoms with Crippen molar-refractivity contribution in [3.05, 3.63) is 52.9 Å². The number of anilines is 1. The molecule has 22 heavy (non-hydrogen) atoms. The molecule has 2 aromatic rings. The SMILES string of the molecule is O=C(c1cnc(NCc2ccccc2Cl)cn1)N1CCCC1. The fourth-order valence-electron chi connectivity index (χ4n) is 2.44. The molecule has 114 valence electrons. The second-order valence-corrected chi connectivity index (χ2v) is 5.64. The minimum absolute atomic E-state index is 0.0392. The standard InChI is InChI=1S/C16H17ClN4O/c17-13-6-2-1-5-12(13)9-19-15-11-18-14(10-20-15)16(22)21-7-3-4-8-21/h1-2,5-6,10-11H,3-4,7-9H2,(H,19,20). The second kappa shape index (κ2) is 6.75. The first-order valence-electron chi connectivity index (χ1n) is 7.32. The minimum Gasteiger partial charge on any atom is -0.365 e. The molecule has 1 N–H and O–H groups in total. The van der Waals surface area contributed by atoms with E-state index in [1.165, 1.54) is 6.20 Å². The van der Waals surface area contributed by atoms with Crippen LogP contribution in [0.3, 0.4) is 0 Å². The molecule has 3 rings (SSSR count). The summed E-state index contributed by atoms with van der Waals surface area (Å²) in [4.78, 5) is 22.4. The zero-order chi connectivity index (χ0) is 15.4.